The van der Waals surface area contributed by atoms with Crippen LogP contribution in [0.15, 0.2) is 11.0 Å². The fraction of sp³-hybridized carbons (Fsp3) is 0.600. The number of hydrogen-bond donors (Lipinski definition) is 0. The van der Waals surface area contributed by atoms with E-state index < -0.39 is 0 Å². The zero-order valence-electron chi connectivity index (χ0n) is 9.59. The summed E-state index contributed by atoms with van der Waals surface area (Å²) in [6.07, 6.45) is 1.92. The molecule has 1 rings (SSSR count). The summed E-state index contributed by atoms with van der Waals surface area (Å²) in [5.74, 6) is 0. The molecule has 1 aromatic rings. The Morgan fingerprint density at radius 1 is 1.43 bits per heavy atom. The van der Waals surface area contributed by atoms with Crippen LogP contribution in [0.25, 0.3) is 0 Å². The molecule has 0 radical (unpaired) electrons. The van der Waals surface area contributed by atoms with Gasteiger partial charge in [0.2, 0.25) is 0 Å². The van der Waals surface area contributed by atoms with Crippen molar-refractivity contribution in [2.75, 3.05) is 0 Å². The van der Waals surface area contributed by atoms with Crippen molar-refractivity contribution >= 4 is 12.7 Å². The molecule has 0 bridgehead atoms. The smallest absolute Gasteiger partial charge is 0.294 e. The second kappa shape index (κ2) is 3.60. The predicted octanol–water partition coefficient (Wildman–Crippen LogP) is 0.417. The van der Waals surface area contributed by atoms with Crippen LogP contribution in [0.1, 0.15) is 26.5 Å². The first-order valence-corrected chi connectivity index (χ1v) is 4.96. The van der Waals surface area contributed by atoms with E-state index in [0.29, 0.717) is 0 Å². The first-order chi connectivity index (χ1) is 6.36. The van der Waals surface area contributed by atoms with Gasteiger partial charge < -0.3 is 0 Å². The Morgan fingerprint density at radius 3 is 2.43 bits per heavy atom. The Morgan fingerprint density at radius 2 is 2.00 bits per heavy atom. The van der Waals surface area contributed by atoms with E-state index in [-0.39, 0.29) is 11.2 Å². The Hall–Kier alpha value is -1.06. The normalized spacial score (nSPS) is 11.5. The monoisotopic (exact) mass is 192 g/mol. The molecule has 0 saturated heterocycles. The van der Waals surface area contributed by atoms with Crippen LogP contribution in [-0.4, -0.2) is 16.8 Å². The van der Waals surface area contributed by atoms with E-state index in [0.717, 1.165) is 18.4 Å². The van der Waals surface area contributed by atoms with Gasteiger partial charge in [0.1, 0.15) is 0 Å². The molecule has 3 nitrogen and oxygen atoms in total. The van der Waals surface area contributed by atoms with Crippen molar-refractivity contribution in [1.82, 2.24) is 9.55 Å². The quantitative estimate of drug-likeness (QED) is 0.604. The van der Waals surface area contributed by atoms with E-state index >= 15 is 0 Å². The molecule has 0 unspecified atom stereocenters. The summed E-state index contributed by atoms with van der Waals surface area (Å²) in [5.41, 5.74) is 1.63. The summed E-state index contributed by atoms with van der Waals surface area (Å²) in [5, 5.41) is 0. The second-order valence-electron chi connectivity index (χ2n) is 4.53. The van der Waals surface area contributed by atoms with E-state index in [9.17, 15) is 4.79 Å². The fourth-order valence-corrected chi connectivity index (χ4v) is 1.40. The van der Waals surface area contributed by atoms with E-state index in [1.54, 1.807) is 4.57 Å². The van der Waals surface area contributed by atoms with Gasteiger partial charge in [0.05, 0.1) is 0 Å². The van der Waals surface area contributed by atoms with Crippen LogP contribution >= 0.6 is 0 Å². The molecular weight excluding hydrogens is 175 g/mol. The number of rotatable bonds is 1. The summed E-state index contributed by atoms with van der Waals surface area (Å²) >= 11 is 0. The van der Waals surface area contributed by atoms with E-state index in [4.69, 9.17) is 0 Å². The molecule has 0 N–H and O–H groups in total. The largest absolute Gasteiger partial charge is 0.348 e. The average molecular weight is 192 g/mol. The molecule has 0 fully saturated rings. The molecule has 0 saturated carbocycles. The fourth-order valence-electron chi connectivity index (χ4n) is 1.40. The zero-order valence-corrected chi connectivity index (χ0v) is 9.59. The van der Waals surface area contributed by atoms with Crippen LogP contribution in [0.3, 0.4) is 0 Å². The molecular formula is C10H17BN2O. The SMILES string of the molecule is CBc1cn(C(C)(C)C)c(=O)nc1C. The summed E-state index contributed by atoms with van der Waals surface area (Å²) in [7, 11) is 0.912. The van der Waals surface area contributed by atoms with E-state index in [1.165, 1.54) is 0 Å². The number of aromatic nitrogens is 2. The maximum Gasteiger partial charge on any atom is 0.348 e. The standard InChI is InChI=1S/C10H17BN2O/c1-7-8(11-5)6-13(9(14)12-7)10(2,3)4/h6,11H,1-5H3. The minimum Gasteiger partial charge on any atom is -0.294 e. The Balaban J connectivity index is 3.40. The molecule has 14 heavy (non-hydrogen) atoms. The van der Waals surface area contributed by atoms with Crippen LogP contribution in [0, 0.1) is 6.92 Å². The van der Waals surface area contributed by atoms with Gasteiger partial charge in [-0.2, -0.15) is 4.98 Å². The van der Waals surface area contributed by atoms with Gasteiger partial charge in [0.15, 0.2) is 7.28 Å². The Kier molecular flexibility index (Phi) is 2.83. The topological polar surface area (TPSA) is 34.9 Å². The third-order valence-corrected chi connectivity index (χ3v) is 2.32. The van der Waals surface area contributed by atoms with Crippen molar-refractivity contribution in [1.29, 1.82) is 0 Å². The van der Waals surface area contributed by atoms with Crippen molar-refractivity contribution in [2.24, 2.45) is 0 Å². The first-order valence-electron chi connectivity index (χ1n) is 4.96. The average Bonchev–Trinajstić information content (AvgIpc) is 2.02. The lowest BCUT2D eigenvalue weighted by Gasteiger charge is -2.22. The van der Waals surface area contributed by atoms with Crippen molar-refractivity contribution in [2.45, 2.75) is 40.1 Å². The highest BCUT2D eigenvalue weighted by Gasteiger charge is 2.16. The highest BCUT2D eigenvalue weighted by atomic mass is 16.1. The molecule has 0 aromatic carbocycles. The Labute approximate surface area is 85.4 Å². The minimum atomic E-state index is -0.193. The number of hydrogen-bond acceptors (Lipinski definition) is 2. The van der Waals surface area contributed by atoms with Gasteiger partial charge in [-0.1, -0.05) is 6.82 Å². The van der Waals surface area contributed by atoms with Crippen molar-refractivity contribution in [3.8, 4) is 0 Å². The lowest BCUT2D eigenvalue weighted by atomic mass is 9.73. The van der Waals surface area contributed by atoms with Gasteiger partial charge in [0, 0.05) is 17.4 Å². The maximum absolute atomic E-state index is 11.6. The molecule has 1 heterocycles. The molecule has 76 valence electrons. The third kappa shape index (κ3) is 2.06. The minimum absolute atomic E-state index is 0.160. The predicted molar refractivity (Wildman–Crippen MR) is 60.9 cm³/mol. The van der Waals surface area contributed by atoms with Crippen molar-refractivity contribution < 1.29 is 0 Å². The van der Waals surface area contributed by atoms with Crippen LogP contribution in [0.4, 0.5) is 0 Å². The summed E-state index contributed by atoms with van der Waals surface area (Å²) < 4.78 is 1.69. The van der Waals surface area contributed by atoms with Crippen LogP contribution < -0.4 is 11.2 Å². The lowest BCUT2D eigenvalue weighted by Crippen LogP contribution is -2.39. The molecule has 0 aliphatic carbocycles. The number of aryl methyl sites for hydroxylation is 1. The van der Waals surface area contributed by atoms with Crippen LogP contribution in [-0.2, 0) is 5.54 Å². The van der Waals surface area contributed by atoms with E-state index in [1.807, 2.05) is 33.9 Å². The Bertz CT molecular complexity index is 390. The molecule has 0 spiro atoms. The molecule has 1 aromatic heterocycles. The van der Waals surface area contributed by atoms with Crippen LogP contribution in [0.5, 0.6) is 0 Å². The molecule has 0 aliphatic heterocycles. The van der Waals surface area contributed by atoms with Gasteiger partial charge in [-0.3, -0.25) is 4.57 Å². The van der Waals surface area contributed by atoms with Gasteiger partial charge >= 0.3 is 5.69 Å². The lowest BCUT2D eigenvalue weighted by molar-refractivity contribution is 0.378. The first kappa shape index (κ1) is 11.0. The zero-order chi connectivity index (χ0) is 10.9. The van der Waals surface area contributed by atoms with E-state index in [2.05, 4.69) is 11.8 Å². The highest BCUT2D eigenvalue weighted by molar-refractivity contribution is 6.52. The van der Waals surface area contributed by atoms with Crippen molar-refractivity contribution in [3.63, 3.8) is 0 Å². The van der Waals surface area contributed by atoms with Crippen LogP contribution in [0.2, 0.25) is 6.82 Å². The highest BCUT2D eigenvalue weighted by Crippen LogP contribution is 2.08. The summed E-state index contributed by atoms with van der Waals surface area (Å²) in [6, 6.07) is 0. The molecule has 0 aliphatic rings. The molecule has 4 heteroatoms. The second-order valence-corrected chi connectivity index (χ2v) is 4.53. The van der Waals surface area contributed by atoms with Gasteiger partial charge in [-0.05, 0) is 33.2 Å². The molecule has 0 amide bonds. The third-order valence-electron chi connectivity index (χ3n) is 2.32. The maximum atomic E-state index is 11.6. The van der Waals surface area contributed by atoms with Gasteiger partial charge in [-0.25, -0.2) is 4.79 Å². The van der Waals surface area contributed by atoms with Gasteiger partial charge in [0.25, 0.3) is 0 Å². The summed E-state index contributed by atoms with van der Waals surface area (Å²) in [6.45, 7) is 9.97. The van der Waals surface area contributed by atoms with Crippen molar-refractivity contribution in [3.05, 3.63) is 22.4 Å². The van der Waals surface area contributed by atoms with Gasteiger partial charge in [-0.15, -0.1) is 0 Å². The number of nitrogens with zero attached hydrogens (tertiary/aromatic N) is 2. The summed E-state index contributed by atoms with van der Waals surface area (Å²) in [4.78, 5) is 15.6. The molecule has 0 atom stereocenters.